The number of alkyl halides is 3. The van der Waals surface area contributed by atoms with Crippen LogP contribution in [0.2, 0.25) is 0 Å². The van der Waals surface area contributed by atoms with Crippen LogP contribution in [0.1, 0.15) is 75.2 Å². The number of rotatable bonds is 8. The zero-order valence-electron chi connectivity index (χ0n) is 21.0. The van der Waals surface area contributed by atoms with Gasteiger partial charge in [0.1, 0.15) is 11.4 Å². The molecule has 1 unspecified atom stereocenters. The first-order valence-corrected chi connectivity index (χ1v) is 13.2. The Morgan fingerprint density at radius 2 is 1.89 bits per heavy atom. The number of nitrogens with zero attached hydrogens (tertiary/aromatic N) is 2. The number of carbonyl (C=O) groups is 2. The number of amides is 1. The van der Waals surface area contributed by atoms with E-state index < -0.39 is 12.1 Å². The summed E-state index contributed by atoms with van der Waals surface area (Å²) in [6, 6.07) is 3.50. The number of hydrogen-bond donors (Lipinski definition) is 0. The summed E-state index contributed by atoms with van der Waals surface area (Å²) in [4.78, 5) is 32.0. The van der Waals surface area contributed by atoms with E-state index in [-0.39, 0.29) is 35.9 Å². The van der Waals surface area contributed by atoms with E-state index in [2.05, 4.69) is 4.98 Å². The number of pyridine rings is 1. The Bertz CT molecular complexity index is 911. The molecule has 3 fully saturated rings. The van der Waals surface area contributed by atoms with E-state index in [1.54, 1.807) is 23.2 Å². The summed E-state index contributed by atoms with van der Waals surface area (Å²) in [5.74, 6) is -0.715. The first kappa shape index (κ1) is 26.9. The fraction of sp³-hybridized carbons (Fsp3) is 0.741. The summed E-state index contributed by atoms with van der Waals surface area (Å²) in [6.45, 7) is 4.96. The molecule has 4 rings (SSSR count). The Morgan fingerprint density at radius 1 is 1.17 bits per heavy atom. The molecule has 0 aromatic carbocycles. The summed E-state index contributed by atoms with van der Waals surface area (Å²) < 4.78 is 50.4. The van der Waals surface area contributed by atoms with Gasteiger partial charge in [-0.2, -0.15) is 13.2 Å². The molecule has 2 aliphatic heterocycles. The summed E-state index contributed by atoms with van der Waals surface area (Å²) in [5, 5.41) is 0. The number of ether oxygens (including phenoxy) is 2. The summed E-state index contributed by atoms with van der Waals surface area (Å²) in [7, 11) is 0. The van der Waals surface area contributed by atoms with Gasteiger partial charge in [-0.05, 0) is 69.4 Å². The maximum absolute atomic E-state index is 13.0. The van der Waals surface area contributed by atoms with Crippen molar-refractivity contribution in [3.8, 4) is 5.75 Å². The maximum Gasteiger partial charge on any atom is 0.391 e. The second-order valence-electron chi connectivity index (χ2n) is 11.1. The monoisotopic (exact) mass is 510 g/mol. The average Bonchev–Trinajstić information content (AvgIpc) is 3.28. The van der Waals surface area contributed by atoms with Gasteiger partial charge >= 0.3 is 6.18 Å². The van der Waals surface area contributed by atoms with Crippen LogP contribution in [0.25, 0.3) is 0 Å². The van der Waals surface area contributed by atoms with Crippen LogP contribution in [0.15, 0.2) is 18.3 Å². The third kappa shape index (κ3) is 6.78. The van der Waals surface area contributed by atoms with E-state index in [0.29, 0.717) is 56.3 Å². The second kappa shape index (κ2) is 11.5. The van der Waals surface area contributed by atoms with Gasteiger partial charge in [-0.25, -0.2) is 4.98 Å². The predicted molar refractivity (Wildman–Crippen MR) is 128 cm³/mol. The quantitative estimate of drug-likeness (QED) is 0.435. The van der Waals surface area contributed by atoms with Crippen LogP contribution in [0.3, 0.4) is 0 Å². The molecule has 1 aliphatic carbocycles. The van der Waals surface area contributed by atoms with E-state index >= 15 is 0 Å². The van der Waals surface area contributed by atoms with Gasteiger partial charge in [-0.1, -0.05) is 6.92 Å². The fourth-order valence-electron chi connectivity index (χ4n) is 5.71. The number of aromatic nitrogens is 1. The Kier molecular flexibility index (Phi) is 8.58. The van der Waals surface area contributed by atoms with Crippen molar-refractivity contribution >= 4 is 11.7 Å². The van der Waals surface area contributed by atoms with Gasteiger partial charge in [0, 0.05) is 50.3 Å². The van der Waals surface area contributed by atoms with Crippen molar-refractivity contribution in [1.29, 1.82) is 0 Å². The van der Waals surface area contributed by atoms with Crippen LogP contribution in [0, 0.1) is 23.2 Å². The van der Waals surface area contributed by atoms with Crippen molar-refractivity contribution < 1.29 is 32.2 Å². The van der Waals surface area contributed by atoms with Gasteiger partial charge in [0.05, 0.1) is 12.5 Å². The predicted octanol–water partition coefficient (Wildman–Crippen LogP) is 5.46. The highest BCUT2D eigenvalue weighted by Crippen LogP contribution is 2.41. The van der Waals surface area contributed by atoms with Crippen molar-refractivity contribution in [3.05, 3.63) is 24.0 Å². The molecule has 1 atom stereocenters. The lowest BCUT2D eigenvalue weighted by Gasteiger charge is -2.32. The highest BCUT2D eigenvalue weighted by Gasteiger charge is 2.44. The normalized spacial score (nSPS) is 27.7. The lowest BCUT2D eigenvalue weighted by Crippen LogP contribution is -2.39. The summed E-state index contributed by atoms with van der Waals surface area (Å²) >= 11 is 0. The zero-order valence-corrected chi connectivity index (χ0v) is 21.0. The molecule has 36 heavy (non-hydrogen) atoms. The van der Waals surface area contributed by atoms with Crippen molar-refractivity contribution in [3.63, 3.8) is 0 Å². The fourth-order valence-corrected chi connectivity index (χ4v) is 5.71. The van der Waals surface area contributed by atoms with Crippen molar-refractivity contribution in [2.45, 2.75) is 70.9 Å². The van der Waals surface area contributed by atoms with Gasteiger partial charge in [0.2, 0.25) is 5.91 Å². The van der Waals surface area contributed by atoms with Crippen LogP contribution in [0.5, 0.6) is 5.75 Å². The minimum Gasteiger partial charge on any atom is -0.491 e. The number of halogens is 3. The molecule has 1 saturated carbocycles. The molecule has 6 nitrogen and oxygen atoms in total. The topological polar surface area (TPSA) is 68.7 Å². The second-order valence-corrected chi connectivity index (χ2v) is 11.1. The Balaban J connectivity index is 1.28. The van der Waals surface area contributed by atoms with Crippen LogP contribution in [-0.4, -0.2) is 60.7 Å². The molecule has 0 radical (unpaired) electrons. The largest absolute Gasteiger partial charge is 0.491 e. The zero-order chi connectivity index (χ0) is 25.8. The third-order valence-electron chi connectivity index (χ3n) is 8.14. The molecule has 3 heterocycles. The molecule has 200 valence electrons. The number of likely N-dealkylation sites (tertiary alicyclic amines) is 1. The SMILES string of the molecule is CC1(COc2cccnc2C(=O)CCC2CCOCC2)CCN(C(=O)C2CCC(C(F)(F)F)CC2)C1. The molecule has 0 spiro atoms. The number of carbonyl (C=O) groups excluding carboxylic acids is 2. The molecular formula is C27H37F3N2O4. The molecule has 1 aromatic rings. The van der Waals surface area contributed by atoms with Crippen LogP contribution in [-0.2, 0) is 9.53 Å². The highest BCUT2D eigenvalue weighted by atomic mass is 19.4. The first-order valence-electron chi connectivity index (χ1n) is 13.2. The standard InChI is InChI=1S/C27H37F3N2O4/c1-26(12-14-32(17-26)25(34)20-5-7-21(8-6-20)27(28,29)30)18-36-23-3-2-13-31-24(23)22(33)9-4-19-10-15-35-16-11-19/h2-3,13,19-21H,4-12,14-18H2,1H3. The Hall–Kier alpha value is -2.16. The van der Waals surface area contributed by atoms with Crippen molar-refractivity contribution in [2.24, 2.45) is 23.2 Å². The smallest absolute Gasteiger partial charge is 0.391 e. The third-order valence-corrected chi connectivity index (χ3v) is 8.14. The first-order chi connectivity index (χ1) is 17.1. The molecule has 2 saturated heterocycles. The lowest BCUT2D eigenvalue weighted by atomic mass is 9.81. The summed E-state index contributed by atoms with van der Waals surface area (Å²) in [6.07, 6.45) is 2.02. The van der Waals surface area contributed by atoms with E-state index in [9.17, 15) is 22.8 Å². The average molecular weight is 511 g/mol. The molecule has 0 bridgehead atoms. The lowest BCUT2D eigenvalue weighted by molar-refractivity contribution is -0.185. The minimum absolute atomic E-state index is 0.0278. The molecule has 1 amide bonds. The number of ketones is 1. The number of Topliss-reactive ketones (excluding diaryl/α,β-unsaturated/α-hetero) is 1. The minimum atomic E-state index is -4.17. The van der Waals surface area contributed by atoms with E-state index in [0.717, 1.165) is 38.9 Å². The Labute approximate surface area is 210 Å². The van der Waals surface area contributed by atoms with Crippen LogP contribution in [0.4, 0.5) is 13.2 Å². The van der Waals surface area contributed by atoms with Gasteiger partial charge in [0.25, 0.3) is 0 Å². The maximum atomic E-state index is 13.0. The Morgan fingerprint density at radius 3 is 2.58 bits per heavy atom. The van der Waals surface area contributed by atoms with Gasteiger partial charge < -0.3 is 14.4 Å². The number of hydrogen-bond acceptors (Lipinski definition) is 5. The summed E-state index contributed by atoms with van der Waals surface area (Å²) in [5.41, 5.74) is 0.0531. The molecule has 9 heteroatoms. The van der Waals surface area contributed by atoms with Gasteiger partial charge in [-0.3, -0.25) is 9.59 Å². The van der Waals surface area contributed by atoms with Gasteiger partial charge in [-0.15, -0.1) is 0 Å². The van der Waals surface area contributed by atoms with E-state index in [4.69, 9.17) is 9.47 Å². The van der Waals surface area contributed by atoms with E-state index in [1.807, 2.05) is 6.92 Å². The highest BCUT2D eigenvalue weighted by molar-refractivity contribution is 5.96. The molecular weight excluding hydrogens is 473 g/mol. The molecule has 0 N–H and O–H groups in total. The molecule has 3 aliphatic rings. The van der Waals surface area contributed by atoms with Gasteiger partial charge in [0.15, 0.2) is 5.78 Å². The van der Waals surface area contributed by atoms with Crippen molar-refractivity contribution in [1.82, 2.24) is 9.88 Å². The van der Waals surface area contributed by atoms with Crippen LogP contribution >= 0.6 is 0 Å². The van der Waals surface area contributed by atoms with Crippen molar-refractivity contribution in [2.75, 3.05) is 32.9 Å². The van der Waals surface area contributed by atoms with Crippen LogP contribution < -0.4 is 4.74 Å². The van der Waals surface area contributed by atoms with E-state index in [1.165, 1.54) is 0 Å². The molecule has 1 aromatic heterocycles.